The molecule has 0 spiro atoms. The van der Waals surface area contributed by atoms with Crippen molar-refractivity contribution in [3.05, 3.63) is 11.5 Å². The minimum absolute atomic E-state index is 0.143. The van der Waals surface area contributed by atoms with Gasteiger partial charge in [0.2, 0.25) is 0 Å². The first-order chi connectivity index (χ1) is 5.09. The van der Waals surface area contributed by atoms with Crippen molar-refractivity contribution in [2.75, 3.05) is 0 Å². The third kappa shape index (κ3) is 1.97. The largest absolute Gasteiger partial charge is 0.491 e. The van der Waals surface area contributed by atoms with Crippen LogP contribution in [0.4, 0.5) is 0 Å². The Kier molecular flexibility index (Phi) is 2.17. The lowest BCUT2D eigenvalue weighted by Crippen LogP contribution is -2.00. The van der Waals surface area contributed by atoms with Gasteiger partial charge in [-0.25, -0.2) is 0 Å². The second-order valence-electron chi connectivity index (χ2n) is 2.71. The van der Waals surface area contributed by atoms with Crippen LogP contribution in [0.3, 0.4) is 0 Å². The molecule has 0 bridgehead atoms. The Balaban J connectivity index is 2.57. The number of hydrogen-bond donors (Lipinski definition) is 0. The van der Waals surface area contributed by atoms with Crippen LogP contribution in [-0.4, -0.2) is 12.1 Å². The predicted molar refractivity (Wildman–Crippen MR) is 39.6 cm³/mol. The molecule has 1 rings (SSSR count). The molecule has 0 N–H and O–H groups in total. The number of hydrogen-bond acceptors (Lipinski definition) is 3. The second kappa shape index (κ2) is 2.95. The van der Waals surface area contributed by atoms with Gasteiger partial charge in [0.1, 0.15) is 17.6 Å². The molecular weight excluding hydrogens is 144 g/mol. The maximum atomic E-state index is 10.5. The molecule has 0 radical (unpaired) electrons. The van der Waals surface area contributed by atoms with Crippen molar-refractivity contribution in [2.45, 2.75) is 33.3 Å². The summed E-state index contributed by atoms with van der Waals surface area (Å²) < 4.78 is 10.2. The summed E-state index contributed by atoms with van der Waals surface area (Å²) in [4.78, 5) is 10.5. The maximum Gasteiger partial charge on any atom is 0.307 e. The van der Waals surface area contributed by atoms with Gasteiger partial charge in [0.15, 0.2) is 0 Å². The molecule has 1 aliphatic heterocycles. The molecule has 1 heterocycles. The predicted octanol–water partition coefficient (Wildman–Crippen LogP) is 1.59. The highest BCUT2D eigenvalue weighted by Crippen LogP contribution is 2.24. The fourth-order valence-electron chi connectivity index (χ4n) is 1.10. The molecule has 3 heteroatoms. The molecule has 1 unspecified atom stereocenters. The smallest absolute Gasteiger partial charge is 0.307 e. The van der Waals surface area contributed by atoms with E-state index in [1.807, 2.05) is 13.8 Å². The third-order valence-electron chi connectivity index (χ3n) is 1.51. The Morgan fingerprint density at radius 2 is 2.36 bits per heavy atom. The molecule has 0 aromatic heterocycles. The van der Waals surface area contributed by atoms with Gasteiger partial charge in [0.25, 0.3) is 0 Å². The number of esters is 1. The van der Waals surface area contributed by atoms with Crippen molar-refractivity contribution < 1.29 is 14.3 Å². The van der Waals surface area contributed by atoms with E-state index in [0.29, 0.717) is 12.2 Å². The van der Waals surface area contributed by atoms with E-state index >= 15 is 0 Å². The van der Waals surface area contributed by atoms with Crippen LogP contribution in [-0.2, 0) is 14.3 Å². The van der Waals surface area contributed by atoms with Gasteiger partial charge >= 0.3 is 5.97 Å². The molecule has 0 saturated heterocycles. The van der Waals surface area contributed by atoms with Crippen LogP contribution in [0.1, 0.15) is 27.2 Å². The molecule has 0 fully saturated rings. The van der Waals surface area contributed by atoms with Crippen LogP contribution < -0.4 is 0 Å². The maximum absolute atomic E-state index is 10.5. The van der Waals surface area contributed by atoms with Crippen LogP contribution in [0.25, 0.3) is 0 Å². The van der Waals surface area contributed by atoms with E-state index in [9.17, 15) is 4.79 Å². The van der Waals surface area contributed by atoms with E-state index in [1.54, 1.807) is 0 Å². The van der Waals surface area contributed by atoms with Gasteiger partial charge < -0.3 is 9.47 Å². The summed E-state index contributed by atoms with van der Waals surface area (Å²) in [5.74, 6) is 1.12. The number of carbonyl (C=O) groups excluding carboxylic acids is 1. The first-order valence-electron chi connectivity index (χ1n) is 3.64. The zero-order chi connectivity index (χ0) is 8.43. The Morgan fingerprint density at radius 3 is 2.73 bits per heavy atom. The highest BCUT2D eigenvalue weighted by Gasteiger charge is 2.21. The van der Waals surface area contributed by atoms with E-state index in [2.05, 4.69) is 0 Å². The molecule has 0 aromatic carbocycles. The highest BCUT2D eigenvalue weighted by atomic mass is 16.6. The van der Waals surface area contributed by atoms with E-state index < -0.39 is 0 Å². The molecule has 11 heavy (non-hydrogen) atoms. The molecule has 0 aromatic rings. The lowest BCUT2D eigenvalue weighted by molar-refractivity contribution is -0.137. The first-order valence-corrected chi connectivity index (χ1v) is 3.64. The van der Waals surface area contributed by atoms with Crippen molar-refractivity contribution >= 4 is 5.97 Å². The van der Waals surface area contributed by atoms with Crippen molar-refractivity contribution in [3.8, 4) is 0 Å². The number of rotatable bonds is 1. The van der Waals surface area contributed by atoms with Crippen LogP contribution in [0.5, 0.6) is 0 Å². The highest BCUT2D eigenvalue weighted by molar-refractivity contribution is 5.67. The molecule has 0 aliphatic carbocycles. The Bertz CT molecular complexity index is 205. The van der Waals surface area contributed by atoms with Crippen LogP contribution >= 0.6 is 0 Å². The normalized spacial score (nSPS) is 23.4. The number of ether oxygens (including phenoxy) is 2. The van der Waals surface area contributed by atoms with E-state index in [-0.39, 0.29) is 12.1 Å². The average Bonchev–Trinajstić information content (AvgIpc) is 2.09. The standard InChI is InChI=1S/C8H12O3/c1-5-4-8(6(2)10-5)11-7(3)9/h5H,4H2,1-3H3. The fraction of sp³-hybridized carbons (Fsp3) is 0.625. The van der Waals surface area contributed by atoms with Crippen molar-refractivity contribution in [1.29, 1.82) is 0 Å². The van der Waals surface area contributed by atoms with Gasteiger partial charge in [-0.2, -0.15) is 0 Å². The van der Waals surface area contributed by atoms with E-state index in [1.165, 1.54) is 6.92 Å². The summed E-state index contributed by atoms with van der Waals surface area (Å²) in [5, 5.41) is 0. The second-order valence-corrected chi connectivity index (χ2v) is 2.71. The van der Waals surface area contributed by atoms with Gasteiger partial charge in [0.05, 0.1) is 0 Å². The van der Waals surface area contributed by atoms with Crippen molar-refractivity contribution in [3.63, 3.8) is 0 Å². The quantitative estimate of drug-likeness (QED) is 0.541. The Labute approximate surface area is 66.0 Å². The van der Waals surface area contributed by atoms with Gasteiger partial charge in [-0.1, -0.05) is 0 Å². The minimum atomic E-state index is -0.281. The third-order valence-corrected chi connectivity index (χ3v) is 1.51. The minimum Gasteiger partial charge on any atom is -0.491 e. The SMILES string of the molecule is CC(=O)OC1=C(C)OC(C)C1. The fourth-order valence-corrected chi connectivity index (χ4v) is 1.10. The summed E-state index contributed by atoms with van der Waals surface area (Å²) in [6, 6.07) is 0. The van der Waals surface area contributed by atoms with Crippen molar-refractivity contribution in [1.82, 2.24) is 0 Å². The number of carbonyl (C=O) groups is 1. The van der Waals surface area contributed by atoms with Crippen LogP contribution in [0.2, 0.25) is 0 Å². The molecule has 1 atom stereocenters. The zero-order valence-corrected chi connectivity index (χ0v) is 7.01. The van der Waals surface area contributed by atoms with Crippen molar-refractivity contribution in [2.24, 2.45) is 0 Å². The summed E-state index contributed by atoms with van der Waals surface area (Å²) in [5.41, 5.74) is 0. The van der Waals surface area contributed by atoms with Gasteiger partial charge in [0, 0.05) is 13.3 Å². The van der Waals surface area contributed by atoms with Crippen LogP contribution in [0, 0.1) is 0 Å². The van der Waals surface area contributed by atoms with E-state index in [0.717, 1.165) is 5.76 Å². The topological polar surface area (TPSA) is 35.5 Å². The zero-order valence-electron chi connectivity index (χ0n) is 7.01. The number of allylic oxidation sites excluding steroid dienone is 1. The molecule has 1 aliphatic rings. The Morgan fingerprint density at radius 1 is 1.73 bits per heavy atom. The lowest BCUT2D eigenvalue weighted by atomic mass is 10.3. The summed E-state index contributed by atoms with van der Waals surface area (Å²) in [6.07, 6.45) is 0.843. The Hall–Kier alpha value is -0.990. The van der Waals surface area contributed by atoms with Gasteiger partial charge in [-0.05, 0) is 13.8 Å². The first kappa shape index (κ1) is 8.11. The summed E-state index contributed by atoms with van der Waals surface area (Å²) in [6.45, 7) is 5.14. The van der Waals surface area contributed by atoms with Gasteiger partial charge in [-0.3, -0.25) is 4.79 Å². The molecule has 3 nitrogen and oxygen atoms in total. The summed E-state index contributed by atoms with van der Waals surface area (Å²) in [7, 11) is 0. The monoisotopic (exact) mass is 156 g/mol. The molecular formula is C8H12O3. The average molecular weight is 156 g/mol. The summed E-state index contributed by atoms with van der Waals surface area (Å²) >= 11 is 0. The molecule has 0 amide bonds. The van der Waals surface area contributed by atoms with E-state index in [4.69, 9.17) is 9.47 Å². The molecule has 0 saturated carbocycles. The lowest BCUT2D eigenvalue weighted by Gasteiger charge is -2.00. The molecule has 62 valence electrons. The van der Waals surface area contributed by atoms with Crippen LogP contribution in [0.15, 0.2) is 11.5 Å². The van der Waals surface area contributed by atoms with Gasteiger partial charge in [-0.15, -0.1) is 0 Å².